The van der Waals surface area contributed by atoms with Crippen molar-refractivity contribution in [2.24, 2.45) is 5.92 Å². The summed E-state index contributed by atoms with van der Waals surface area (Å²) in [6.07, 6.45) is -2.06. The van der Waals surface area contributed by atoms with E-state index in [-0.39, 0.29) is 13.1 Å². The summed E-state index contributed by atoms with van der Waals surface area (Å²) in [5.41, 5.74) is 0. The number of hydrogen-bond acceptors (Lipinski definition) is 2. The molecular formula is C10H19F3N2. The third-order valence-electron chi connectivity index (χ3n) is 2.76. The fraction of sp³-hybridized carbons (Fsp3) is 1.00. The highest BCUT2D eigenvalue weighted by Gasteiger charge is 2.40. The van der Waals surface area contributed by atoms with Gasteiger partial charge in [0.1, 0.15) is 0 Å². The molecule has 0 aliphatic carbocycles. The molecular weight excluding hydrogens is 205 g/mol. The van der Waals surface area contributed by atoms with Crippen LogP contribution in [-0.4, -0.2) is 43.8 Å². The van der Waals surface area contributed by atoms with Gasteiger partial charge in [-0.25, -0.2) is 0 Å². The Hall–Kier alpha value is -0.290. The molecule has 5 heteroatoms. The van der Waals surface area contributed by atoms with Gasteiger partial charge in [-0.15, -0.1) is 0 Å². The molecule has 0 aromatic rings. The van der Waals surface area contributed by atoms with E-state index in [9.17, 15) is 13.2 Å². The zero-order chi connectivity index (χ0) is 11.3. The standard InChI is InChI=1S/C10H19F3N2/c1-2-3-5-15-6-4-14-7-9(8-15)10(11,12)13/h9,14H,2-8H2,1H3. The highest BCUT2D eigenvalue weighted by Crippen LogP contribution is 2.27. The van der Waals surface area contributed by atoms with Crippen LogP contribution < -0.4 is 5.32 Å². The number of halogens is 3. The molecule has 0 bridgehead atoms. The third kappa shape index (κ3) is 4.38. The minimum Gasteiger partial charge on any atom is -0.315 e. The number of nitrogens with zero attached hydrogens (tertiary/aromatic N) is 1. The molecule has 1 saturated heterocycles. The van der Waals surface area contributed by atoms with Crippen molar-refractivity contribution in [2.75, 3.05) is 32.7 Å². The molecule has 1 unspecified atom stereocenters. The number of nitrogens with one attached hydrogen (secondary N) is 1. The van der Waals surface area contributed by atoms with Crippen molar-refractivity contribution in [1.29, 1.82) is 0 Å². The lowest BCUT2D eigenvalue weighted by molar-refractivity contribution is -0.175. The van der Waals surface area contributed by atoms with Gasteiger partial charge in [0.25, 0.3) is 0 Å². The van der Waals surface area contributed by atoms with Crippen LogP contribution in [0.4, 0.5) is 13.2 Å². The average Bonchev–Trinajstić information content (AvgIpc) is 2.38. The van der Waals surface area contributed by atoms with Gasteiger partial charge in [0.05, 0.1) is 5.92 Å². The first kappa shape index (κ1) is 12.8. The molecule has 1 fully saturated rings. The first-order chi connectivity index (χ1) is 7.04. The summed E-state index contributed by atoms with van der Waals surface area (Å²) in [6, 6.07) is 0. The van der Waals surface area contributed by atoms with Gasteiger partial charge in [0, 0.05) is 26.2 Å². The molecule has 1 aliphatic rings. The van der Waals surface area contributed by atoms with Gasteiger partial charge in [0.2, 0.25) is 0 Å². The topological polar surface area (TPSA) is 15.3 Å². The maximum Gasteiger partial charge on any atom is 0.394 e. The van der Waals surface area contributed by atoms with E-state index < -0.39 is 12.1 Å². The minimum atomic E-state index is -4.07. The third-order valence-corrected chi connectivity index (χ3v) is 2.76. The fourth-order valence-electron chi connectivity index (χ4n) is 1.79. The summed E-state index contributed by atoms with van der Waals surface area (Å²) in [6.45, 7) is 4.44. The molecule has 2 nitrogen and oxygen atoms in total. The van der Waals surface area contributed by atoms with E-state index in [0.717, 1.165) is 25.9 Å². The Bertz CT molecular complexity index is 182. The van der Waals surface area contributed by atoms with Crippen LogP contribution in [0.3, 0.4) is 0 Å². The van der Waals surface area contributed by atoms with Gasteiger partial charge in [-0.1, -0.05) is 13.3 Å². The second-order valence-electron chi connectivity index (χ2n) is 4.10. The van der Waals surface area contributed by atoms with Crippen LogP contribution in [0.2, 0.25) is 0 Å². The fourth-order valence-corrected chi connectivity index (χ4v) is 1.79. The summed E-state index contributed by atoms with van der Waals surface area (Å²) in [4.78, 5) is 1.92. The van der Waals surface area contributed by atoms with Crippen LogP contribution >= 0.6 is 0 Å². The van der Waals surface area contributed by atoms with Crippen LogP contribution in [0.5, 0.6) is 0 Å². The minimum absolute atomic E-state index is 0.0616. The van der Waals surface area contributed by atoms with E-state index in [0.29, 0.717) is 6.54 Å². The van der Waals surface area contributed by atoms with Crippen molar-refractivity contribution in [3.63, 3.8) is 0 Å². The Balaban J connectivity index is 2.46. The second-order valence-corrected chi connectivity index (χ2v) is 4.10. The smallest absolute Gasteiger partial charge is 0.315 e. The maximum absolute atomic E-state index is 12.6. The Morgan fingerprint density at radius 1 is 1.40 bits per heavy atom. The quantitative estimate of drug-likeness (QED) is 0.787. The first-order valence-electron chi connectivity index (χ1n) is 5.54. The van der Waals surface area contributed by atoms with Gasteiger partial charge in [-0.05, 0) is 13.0 Å². The molecule has 1 N–H and O–H groups in total. The molecule has 90 valence electrons. The molecule has 0 amide bonds. The van der Waals surface area contributed by atoms with Crippen LogP contribution in [-0.2, 0) is 0 Å². The highest BCUT2D eigenvalue weighted by molar-refractivity contribution is 4.78. The summed E-state index contributed by atoms with van der Waals surface area (Å²) < 4.78 is 37.7. The summed E-state index contributed by atoms with van der Waals surface area (Å²) >= 11 is 0. The molecule has 0 spiro atoms. The summed E-state index contributed by atoms with van der Waals surface area (Å²) in [7, 11) is 0. The van der Waals surface area contributed by atoms with Crippen LogP contribution in [0.1, 0.15) is 19.8 Å². The maximum atomic E-state index is 12.6. The van der Waals surface area contributed by atoms with E-state index >= 15 is 0 Å². The number of rotatable bonds is 3. The predicted octanol–water partition coefficient (Wildman–Crippen LogP) is 1.87. The number of unbranched alkanes of at least 4 members (excludes halogenated alkanes) is 1. The highest BCUT2D eigenvalue weighted by atomic mass is 19.4. The van der Waals surface area contributed by atoms with Crippen molar-refractivity contribution in [3.8, 4) is 0 Å². The van der Waals surface area contributed by atoms with E-state index in [1.54, 1.807) is 0 Å². The Morgan fingerprint density at radius 3 is 2.73 bits per heavy atom. The molecule has 0 aromatic heterocycles. The average molecular weight is 224 g/mol. The lowest BCUT2D eigenvalue weighted by Gasteiger charge is -2.24. The summed E-state index contributed by atoms with van der Waals surface area (Å²) in [5.74, 6) is -1.21. The molecule has 0 aromatic carbocycles. The van der Waals surface area contributed by atoms with Crippen LogP contribution in [0, 0.1) is 5.92 Å². The van der Waals surface area contributed by atoms with Gasteiger partial charge >= 0.3 is 6.18 Å². The molecule has 1 rings (SSSR count). The van der Waals surface area contributed by atoms with Crippen molar-refractivity contribution in [2.45, 2.75) is 25.9 Å². The Morgan fingerprint density at radius 2 is 2.13 bits per heavy atom. The Labute approximate surface area is 88.8 Å². The van der Waals surface area contributed by atoms with Crippen molar-refractivity contribution in [3.05, 3.63) is 0 Å². The number of hydrogen-bond donors (Lipinski definition) is 1. The first-order valence-corrected chi connectivity index (χ1v) is 5.54. The molecule has 1 atom stereocenters. The molecule has 15 heavy (non-hydrogen) atoms. The van der Waals surface area contributed by atoms with Crippen molar-refractivity contribution < 1.29 is 13.2 Å². The molecule has 0 radical (unpaired) electrons. The molecule has 1 heterocycles. The second kappa shape index (κ2) is 5.70. The van der Waals surface area contributed by atoms with Gasteiger partial charge in [-0.2, -0.15) is 13.2 Å². The van der Waals surface area contributed by atoms with Gasteiger partial charge < -0.3 is 10.2 Å². The zero-order valence-corrected chi connectivity index (χ0v) is 9.11. The van der Waals surface area contributed by atoms with Gasteiger partial charge in [0.15, 0.2) is 0 Å². The predicted molar refractivity (Wildman–Crippen MR) is 53.8 cm³/mol. The van der Waals surface area contributed by atoms with Crippen LogP contribution in [0.15, 0.2) is 0 Å². The largest absolute Gasteiger partial charge is 0.394 e. The lowest BCUT2D eigenvalue weighted by Crippen LogP contribution is -2.38. The summed E-state index contributed by atoms with van der Waals surface area (Å²) in [5, 5.41) is 2.85. The monoisotopic (exact) mass is 224 g/mol. The molecule has 1 aliphatic heterocycles. The van der Waals surface area contributed by atoms with E-state index in [4.69, 9.17) is 0 Å². The normalized spacial score (nSPS) is 25.2. The SMILES string of the molecule is CCCCN1CCNCC(C(F)(F)F)C1. The number of alkyl halides is 3. The van der Waals surface area contributed by atoms with Gasteiger partial charge in [-0.3, -0.25) is 0 Å². The van der Waals surface area contributed by atoms with Crippen LogP contribution in [0.25, 0.3) is 0 Å². The van der Waals surface area contributed by atoms with E-state index in [1.165, 1.54) is 0 Å². The molecule has 0 saturated carbocycles. The Kier molecular flexibility index (Phi) is 4.86. The van der Waals surface area contributed by atoms with Crippen molar-refractivity contribution >= 4 is 0 Å². The lowest BCUT2D eigenvalue weighted by atomic mass is 10.1. The van der Waals surface area contributed by atoms with E-state index in [1.807, 2.05) is 4.90 Å². The zero-order valence-electron chi connectivity index (χ0n) is 9.11. The van der Waals surface area contributed by atoms with Crippen molar-refractivity contribution in [1.82, 2.24) is 10.2 Å². The van der Waals surface area contributed by atoms with E-state index in [2.05, 4.69) is 12.2 Å².